The van der Waals surface area contributed by atoms with Gasteiger partial charge in [-0.3, -0.25) is 9.69 Å². The second kappa shape index (κ2) is 9.35. The van der Waals surface area contributed by atoms with Crippen molar-refractivity contribution in [3.8, 4) is 0 Å². The number of rotatable bonds is 6. The van der Waals surface area contributed by atoms with Crippen molar-refractivity contribution in [2.45, 2.75) is 6.42 Å². The smallest absolute Gasteiger partial charge is 0.234 e. The fraction of sp³-hybridized carbons (Fsp3) is 0.294. The molecule has 0 N–H and O–H groups in total. The highest BCUT2D eigenvalue weighted by atomic mass is 35.5. The van der Waals surface area contributed by atoms with Crippen molar-refractivity contribution in [1.82, 2.24) is 9.88 Å². The molecule has 26 heavy (non-hydrogen) atoms. The summed E-state index contributed by atoms with van der Waals surface area (Å²) in [6, 6.07) is 9.29. The van der Waals surface area contributed by atoms with Gasteiger partial charge in [0, 0.05) is 23.0 Å². The molecular weight excluding hydrogens is 433 g/mol. The number of hydrogen-bond acceptors (Lipinski definition) is 5. The number of carbonyl (C=O) groups is 1. The van der Waals surface area contributed by atoms with E-state index in [2.05, 4.69) is 4.98 Å². The van der Waals surface area contributed by atoms with E-state index in [1.165, 1.54) is 22.7 Å². The molecule has 0 aliphatic heterocycles. The minimum Gasteiger partial charge on any atom is -0.308 e. The molecule has 0 bridgehead atoms. The van der Waals surface area contributed by atoms with E-state index in [-0.39, 0.29) is 18.3 Å². The van der Waals surface area contributed by atoms with E-state index in [4.69, 9.17) is 23.2 Å². The van der Waals surface area contributed by atoms with Gasteiger partial charge in [0.1, 0.15) is 0 Å². The van der Waals surface area contributed by atoms with Crippen molar-refractivity contribution in [3.63, 3.8) is 0 Å². The largest absolute Gasteiger partial charge is 0.308 e. The van der Waals surface area contributed by atoms with Gasteiger partial charge in [0.05, 0.1) is 21.0 Å². The number of fused-ring (bicyclic) bond motifs is 1. The van der Waals surface area contributed by atoms with Gasteiger partial charge in [0.15, 0.2) is 5.13 Å². The Bertz CT molecular complexity index is 894. The minimum absolute atomic E-state index is 0. The zero-order valence-corrected chi connectivity index (χ0v) is 18.2. The number of thiophene rings is 1. The van der Waals surface area contributed by atoms with E-state index < -0.39 is 0 Å². The van der Waals surface area contributed by atoms with Gasteiger partial charge < -0.3 is 4.90 Å². The molecule has 4 nitrogen and oxygen atoms in total. The van der Waals surface area contributed by atoms with Gasteiger partial charge in [-0.1, -0.05) is 34.5 Å². The Labute approximate surface area is 176 Å². The third kappa shape index (κ3) is 5.31. The van der Waals surface area contributed by atoms with Crippen LogP contribution < -0.4 is 4.90 Å². The lowest BCUT2D eigenvalue weighted by Crippen LogP contribution is -2.37. The summed E-state index contributed by atoms with van der Waals surface area (Å²) in [6.45, 7) is 1.34. The number of hydrogen-bond donors (Lipinski definition) is 0. The molecule has 1 amide bonds. The van der Waals surface area contributed by atoms with E-state index in [1.807, 2.05) is 49.3 Å². The summed E-state index contributed by atoms with van der Waals surface area (Å²) in [5.41, 5.74) is 0.853. The first-order valence-corrected chi connectivity index (χ1v) is 10.1. The zero-order chi connectivity index (χ0) is 18.0. The fourth-order valence-electron chi connectivity index (χ4n) is 2.32. The fourth-order valence-corrected chi connectivity index (χ4v) is 4.68. The first kappa shape index (κ1) is 21.4. The predicted molar refractivity (Wildman–Crippen MR) is 116 cm³/mol. The maximum Gasteiger partial charge on any atom is 0.234 e. The van der Waals surface area contributed by atoms with Gasteiger partial charge in [-0.15, -0.1) is 23.7 Å². The van der Waals surface area contributed by atoms with Crippen molar-refractivity contribution in [2.75, 3.05) is 32.1 Å². The first-order chi connectivity index (χ1) is 11.9. The molecule has 2 aromatic heterocycles. The molecular formula is C17H18Cl3N3OS2. The molecule has 2 heterocycles. The topological polar surface area (TPSA) is 36.4 Å². The lowest BCUT2D eigenvalue weighted by Gasteiger charge is -2.21. The summed E-state index contributed by atoms with van der Waals surface area (Å²) in [4.78, 5) is 22.3. The van der Waals surface area contributed by atoms with E-state index in [9.17, 15) is 4.79 Å². The molecule has 0 atom stereocenters. The van der Waals surface area contributed by atoms with Crippen molar-refractivity contribution < 1.29 is 4.79 Å². The normalized spacial score (nSPS) is 11.0. The number of anilines is 1. The van der Waals surface area contributed by atoms with Crippen molar-refractivity contribution in [2.24, 2.45) is 0 Å². The molecule has 0 saturated heterocycles. The zero-order valence-electron chi connectivity index (χ0n) is 14.2. The lowest BCUT2D eigenvalue weighted by atomic mass is 10.3. The second-order valence-electron chi connectivity index (χ2n) is 5.84. The SMILES string of the molecule is CN(C)CCN(C(=O)Cc1ccc(Cl)s1)c1nc2ccc(Cl)cc2s1.Cl. The molecule has 3 rings (SSSR count). The van der Waals surface area contributed by atoms with Crippen LogP contribution in [0.3, 0.4) is 0 Å². The van der Waals surface area contributed by atoms with E-state index in [0.29, 0.717) is 27.5 Å². The number of thiazole rings is 1. The standard InChI is InChI=1S/C17H17Cl2N3OS2.ClH/c1-21(2)7-8-22(16(23)10-12-4-6-15(19)24-12)17-20-13-5-3-11(18)9-14(13)25-17;/h3-6,9H,7-8,10H2,1-2H3;1H. The van der Waals surface area contributed by atoms with Gasteiger partial charge in [-0.2, -0.15) is 0 Å². The summed E-state index contributed by atoms with van der Waals surface area (Å²) < 4.78 is 1.67. The van der Waals surface area contributed by atoms with Gasteiger partial charge >= 0.3 is 0 Å². The predicted octanol–water partition coefficient (Wildman–Crippen LogP) is 5.22. The van der Waals surface area contributed by atoms with Crippen LogP contribution in [0, 0.1) is 0 Å². The van der Waals surface area contributed by atoms with Crippen LogP contribution in [0.15, 0.2) is 30.3 Å². The second-order valence-corrected chi connectivity index (χ2v) is 9.08. The Kier molecular flexibility index (Phi) is 7.70. The average Bonchev–Trinajstić information content (AvgIpc) is 3.12. The molecule has 0 aliphatic rings. The van der Waals surface area contributed by atoms with Crippen molar-refractivity contribution in [1.29, 1.82) is 0 Å². The van der Waals surface area contributed by atoms with Crippen LogP contribution in [-0.4, -0.2) is 43.0 Å². The molecule has 0 saturated carbocycles. The number of nitrogens with zero attached hydrogens (tertiary/aromatic N) is 3. The molecule has 0 spiro atoms. The average molecular weight is 451 g/mol. The first-order valence-electron chi connectivity index (χ1n) is 7.68. The van der Waals surface area contributed by atoms with Gasteiger partial charge in [-0.05, 0) is 44.4 Å². The van der Waals surface area contributed by atoms with Crippen LogP contribution in [0.4, 0.5) is 5.13 Å². The van der Waals surface area contributed by atoms with Crippen LogP contribution >= 0.6 is 58.3 Å². The molecule has 9 heteroatoms. The van der Waals surface area contributed by atoms with Crippen LogP contribution in [0.2, 0.25) is 9.36 Å². The van der Waals surface area contributed by atoms with E-state index in [0.717, 1.165) is 21.6 Å². The number of amides is 1. The molecule has 0 radical (unpaired) electrons. The van der Waals surface area contributed by atoms with Gasteiger partial charge in [0.2, 0.25) is 5.91 Å². The highest BCUT2D eigenvalue weighted by Crippen LogP contribution is 2.31. The van der Waals surface area contributed by atoms with Crippen molar-refractivity contribution in [3.05, 3.63) is 44.6 Å². The van der Waals surface area contributed by atoms with Crippen LogP contribution in [-0.2, 0) is 11.2 Å². The van der Waals surface area contributed by atoms with E-state index in [1.54, 1.807) is 4.90 Å². The highest BCUT2D eigenvalue weighted by Gasteiger charge is 2.21. The Morgan fingerprint density at radius 1 is 1.12 bits per heavy atom. The molecule has 1 aromatic carbocycles. The summed E-state index contributed by atoms with van der Waals surface area (Å²) in [6.07, 6.45) is 0.321. The number of benzene rings is 1. The van der Waals surface area contributed by atoms with Crippen LogP contribution in [0.1, 0.15) is 4.88 Å². The van der Waals surface area contributed by atoms with Gasteiger partial charge in [-0.25, -0.2) is 4.98 Å². The summed E-state index contributed by atoms with van der Waals surface area (Å²) >= 11 is 15.0. The van der Waals surface area contributed by atoms with Crippen LogP contribution in [0.25, 0.3) is 10.2 Å². The Morgan fingerprint density at radius 2 is 1.88 bits per heavy atom. The monoisotopic (exact) mass is 449 g/mol. The summed E-state index contributed by atoms with van der Waals surface area (Å²) in [7, 11) is 3.97. The Morgan fingerprint density at radius 3 is 2.54 bits per heavy atom. The van der Waals surface area contributed by atoms with Crippen LogP contribution in [0.5, 0.6) is 0 Å². The van der Waals surface area contributed by atoms with Gasteiger partial charge in [0.25, 0.3) is 0 Å². The minimum atomic E-state index is 0. The Balaban J connectivity index is 0.00000243. The molecule has 0 fully saturated rings. The third-order valence-electron chi connectivity index (χ3n) is 3.60. The Hall–Kier alpha value is -0.890. The molecule has 0 unspecified atom stereocenters. The number of carbonyl (C=O) groups excluding carboxylic acids is 1. The maximum absolute atomic E-state index is 12.9. The molecule has 140 valence electrons. The lowest BCUT2D eigenvalue weighted by molar-refractivity contribution is -0.118. The maximum atomic E-state index is 12.9. The number of aromatic nitrogens is 1. The van der Waals surface area contributed by atoms with E-state index >= 15 is 0 Å². The number of likely N-dealkylation sites (N-methyl/N-ethyl adjacent to an activating group) is 1. The third-order valence-corrected chi connectivity index (χ3v) is 6.10. The quantitative estimate of drug-likeness (QED) is 0.516. The molecule has 0 aliphatic carbocycles. The number of halogens is 3. The molecule has 3 aromatic rings. The van der Waals surface area contributed by atoms with Crippen molar-refractivity contribution >= 4 is 79.5 Å². The summed E-state index contributed by atoms with van der Waals surface area (Å²) in [5, 5.41) is 1.37. The highest BCUT2D eigenvalue weighted by molar-refractivity contribution is 7.22. The summed E-state index contributed by atoms with van der Waals surface area (Å²) in [5.74, 6) is 0.0190.